The van der Waals surface area contributed by atoms with Crippen molar-refractivity contribution in [2.24, 2.45) is 10.8 Å². The lowest BCUT2D eigenvalue weighted by Gasteiger charge is -2.37. The second kappa shape index (κ2) is 4.85. The van der Waals surface area contributed by atoms with Crippen molar-refractivity contribution in [2.75, 3.05) is 13.1 Å². The Bertz CT molecular complexity index is 470. The first-order chi connectivity index (χ1) is 9.37. The zero-order valence-corrected chi connectivity index (χ0v) is 13.0. The monoisotopic (exact) mass is 274 g/mol. The second-order valence-corrected chi connectivity index (χ2v) is 8.22. The Morgan fingerprint density at radius 2 is 1.90 bits per heavy atom. The SMILES string of the molecule is CC1(C)C[C@@H]2C[C@@](C)(C[NH+]2C[C@H](O)c2ccccc2)C1. The van der Waals surface area contributed by atoms with Crippen molar-refractivity contribution in [3.8, 4) is 0 Å². The number of aliphatic hydroxyl groups excluding tert-OH is 1. The maximum atomic E-state index is 10.5. The molecule has 0 spiro atoms. The van der Waals surface area contributed by atoms with Gasteiger partial charge in [0.15, 0.2) is 0 Å². The molecule has 2 aliphatic rings. The van der Waals surface area contributed by atoms with Crippen LogP contribution < -0.4 is 4.90 Å². The number of quaternary nitrogens is 1. The Morgan fingerprint density at radius 3 is 2.60 bits per heavy atom. The third-order valence-corrected chi connectivity index (χ3v) is 5.31. The molecule has 2 N–H and O–H groups in total. The lowest BCUT2D eigenvalue weighted by atomic mass is 9.65. The third kappa shape index (κ3) is 2.77. The molecule has 110 valence electrons. The average molecular weight is 274 g/mol. The number of fused-ring (bicyclic) bond motifs is 2. The number of hydrogen-bond acceptors (Lipinski definition) is 1. The van der Waals surface area contributed by atoms with Crippen molar-refractivity contribution in [1.82, 2.24) is 0 Å². The van der Waals surface area contributed by atoms with Gasteiger partial charge in [-0.3, -0.25) is 0 Å². The minimum atomic E-state index is -0.322. The summed E-state index contributed by atoms with van der Waals surface area (Å²) in [6, 6.07) is 10.9. The molecule has 0 aromatic heterocycles. The molecule has 2 nitrogen and oxygen atoms in total. The third-order valence-electron chi connectivity index (χ3n) is 5.31. The Balaban J connectivity index is 1.70. The van der Waals surface area contributed by atoms with Gasteiger partial charge in [-0.05, 0) is 17.4 Å². The van der Waals surface area contributed by atoms with E-state index >= 15 is 0 Å². The molecule has 0 amide bonds. The molecular formula is C18H28NO+. The van der Waals surface area contributed by atoms with E-state index in [4.69, 9.17) is 0 Å². The van der Waals surface area contributed by atoms with E-state index in [9.17, 15) is 5.11 Å². The molecule has 1 heterocycles. The van der Waals surface area contributed by atoms with Crippen LogP contribution in [0.1, 0.15) is 51.7 Å². The molecule has 1 aliphatic carbocycles. The highest BCUT2D eigenvalue weighted by atomic mass is 16.3. The minimum Gasteiger partial charge on any atom is -0.382 e. The Labute approximate surface area is 122 Å². The molecular weight excluding hydrogens is 246 g/mol. The van der Waals surface area contributed by atoms with E-state index in [-0.39, 0.29) is 6.10 Å². The van der Waals surface area contributed by atoms with E-state index in [1.165, 1.54) is 25.8 Å². The molecule has 0 radical (unpaired) electrons. The van der Waals surface area contributed by atoms with Crippen LogP contribution in [0, 0.1) is 10.8 Å². The van der Waals surface area contributed by atoms with Crippen molar-refractivity contribution in [3.63, 3.8) is 0 Å². The first kappa shape index (κ1) is 14.1. The quantitative estimate of drug-likeness (QED) is 0.868. The number of hydrogen-bond donors (Lipinski definition) is 2. The van der Waals surface area contributed by atoms with E-state index in [2.05, 4.69) is 20.8 Å². The fourth-order valence-electron chi connectivity index (χ4n) is 5.03. The molecule has 2 fully saturated rings. The van der Waals surface area contributed by atoms with Crippen molar-refractivity contribution >= 4 is 0 Å². The van der Waals surface area contributed by atoms with Crippen LogP contribution in [0.15, 0.2) is 30.3 Å². The molecule has 3 rings (SSSR count). The van der Waals surface area contributed by atoms with Gasteiger partial charge in [-0.1, -0.05) is 51.1 Å². The zero-order chi connectivity index (χ0) is 14.4. The maximum Gasteiger partial charge on any atom is 0.128 e. The van der Waals surface area contributed by atoms with Gasteiger partial charge in [0, 0.05) is 18.3 Å². The zero-order valence-electron chi connectivity index (χ0n) is 13.0. The molecule has 1 aliphatic heterocycles. The summed E-state index contributed by atoms with van der Waals surface area (Å²) in [5.74, 6) is 0. The van der Waals surface area contributed by atoms with Crippen LogP contribution in [0.4, 0.5) is 0 Å². The van der Waals surface area contributed by atoms with Gasteiger partial charge in [-0.2, -0.15) is 0 Å². The van der Waals surface area contributed by atoms with Gasteiger partial charge < -0.3 is 10.0 Å². The summed E-state index contributed by atoms with van der Waals surface area (Å²) in [5.41, 5.74) is 2.01. The molecule has 2 heteroatoms. The van der Waals surface area contributed by atoms with Gasteiger partial charge in [-0.25, -0.2) is 0 Å². The standard InChI is InChI=1S/C18H27NO/c1-17(2)9-15-10-18(3,12-17)13-19(15)11-16(20)14-7-5-4-6-8-14/h4-8,15-16,20H,9-13H2,1-3H3/p+1/t15-,16+,18-/m1/s1. The highest BCUT2D eigenvalue weighted by Gasteiger charge is 2.52. The van der Waals surface area contributed by atoms with Crippen LogP contribution in [0.25, 0.3) is 0 Å². The number of likely N-dealkylation sites (tertiary alicyclic amines) is 1. The van der Waals surface area contributed by atoms with Crippen molar-refractivity contribution in [1.29, 1.82) is 0 Å². The molecule has 2 bridgehead atoms. The van der Waals surface area contributed by atoms with Crippen molar-refractivity contribution < 1.29 is 10.0 Å². The van der Waals surface area contributed by atoms with Gasteiger partial charge in [-0.15, -0.1) is 0 Å². The van der Waals surface area contributed by atoms with Gasteiger partial charge in [0.05, 0.1) is 12.6 Å². The Kier molecular flexibility index (Phi) is 3.42. The minimum absolute atomic E-state index is 0.322. The predicted octanol–water partition coefficient (Wildman–Crippen LogP) is 2.20. The molecule has 20 heavy (non-hydrogen) atoms. The van der Waals surface area contributed by atoms with Crippen molar-refractivity contribution in [2.45, 2.75) is 52.2 Å². The normalized spacial score (nSPS) is 36.8. The summed E-state index contributed by atoms with van der Waals surface area (Å²) < 4.78 is 0. The van der Waals surface area contributed by atoms with Gasteiger partial charge in [0.25, 0.3) is 0 Å². The topological polar surface area (TPSA) is 24.7 Å². The predicted molar refractivity (Wildman–Crippen MR) is 81.6 cm³/mol. The molecule has 4 atom stereocenters. The first-order valence-electron chi connectivity index (χ1n) is 7.95. The number of rotatable bonds is 3. The first-order valence-corrected chi connectivity index (χ1v) is 7.95. The summed E-state index contributed by atoms with van der Waals surface area (Å²) in [4.78, 5) is 1.62. The summed E-state index contributed by atoms with van der Waals surface area (Å²) in [6.07, 6.45) is 3.66. The molecule has 1 aromatic carbocycles. The Hall–Kier alpha value is -0.860. The second-order valence-electron chi connectivity index (χ2n) is 8.22. The van der Waals surface area contributed by atoms with E-state index in [0.717, 1.165) is 18.2 Å². The van der Waals surface area contributed by atoms with Crippen LogP contribution in [-0.4, -0.2) is 24.2 Å². The van der Waals surface area contributed by atoms with Crippen LogP contribution in [0.2, 0.25) is 0 Å². The van der Waals surface area contributed by atoms with E-state index in [1.807, 2.05) is 30.3 Å². The lowest BCUT2D eigenvalue weighted by molar-refractivity contribution is -0.918. The van der Waals surface area contributed by atoms with E-state index < -0.39 is 0 Å². The van der Waals surface area contributed by atoms with Crippen LogP contribution in [0.3, 0.4) is 0 Å². The van der Waals surface area contributed by atoms with Gasteiger partial charge >= 0.3 is 0 Å². The number of aliphatic hydroxyl groups is 1. The maximum absolute atomic E-state index is 10.5. The fourth-order valence-corrected chi connectivity index (χ4v) is 5.03. The van der Waals surface area contributed by atoms with Crippen LogP contribution in [-0.2, 0) is 0 Å². The smallest absolute Gasteiger partial charge is 0.128 e. The molecule has 1 saturated carbocycles. The molecule has 1 unspecified atom stereocenters. The summed E-state index contributed by atoms with van der Waals surface area (Å²) in [5, 5.41) is 10.5. The average Bonchev–Trinajstić information content (AvgIpc) is 2.59. The van der Waals surface area contributed by atoms with Gasteiger partial charge in [0.1, 0.15) is 12.6 Å². The summed E-state index contributed by atoms with van der Waals surface area (Å²) in [7, 11) is 0. The summed E-state index contributed by atoms with van der Waals surface area (Å²) >= 11 is 0. The Morgan fingerprint density at radius 1 is 1.20 bits per heavy atom. The highest BCUT2D eigenvalue weighted by Crippen LogP contribution is 2.47. The highest BCUT2D eigenvalue weighted by molar-refractivity contribution is 5.17. The van der Waals surface area contributed by atoms with Crippen molar-refractivity contribution in [3.05, 3.63) is 35.9 Å². The number of benzene rings is 1. The van der Waals surface area contributed by atoms with E-state index in [1.54, 1.807) is 4.90 Å². The number of nitrogens with one attached hydrogen (secondary N) is 1. The molecule has 1 aromatic rings. The van der Waals surface area contributed by atoms with Gasteiger partial charge in [0.2, 0.25) is 0 Å². The van der Waals surface area contributed by atoms with Crippen LogP contribution >= 0.6 is 0 Å². The summed E-state index contributed by atoms with van der Waals surface area (Å²) in [6.45, 7) is 9.36. The molecule has 1 saturated heterocycles. The lowest BCUT2D eigenvalue weighted by Crippen LogP contribution is -3.14. The fraction of sp³-hybridized carbons (Fsp3) is 0.667. The largest absolute Gasteiger partial charge is 0.382 e. The van der Waals surface area contributed by atoms with E-state index in [0.29, 0.717) is 10.8 Å². The van der Waals surface area contributed by atoms with Crippen LogP contribution in [0.5, 0.6) is 0 Å².